The number of imidazole rings is 1. The Balaban J connectivity index is 1.78. The molecular formula is C14H16N4O. The predicted molar refractivity (Wildman–Crippen MR) is 74.1 cm³/mol. The Morgan fingerprint density at radius 1 is 1.32 bits per heavy atom. The number of amidine groups is 1. The van der Waals surface area contributed by atoms with Crippen LogP contribution in [0, 0.1) is 0 Å². The summed E-state index contributed by atoms with van der Waals surface area (Å²) in [5, 5.41) is 2.83. The van der Waals surface area contributed by atoms with Gasteiger partial charge in [-0.2, -0.15) is 0 Å². The molecule has 19 heavy (non-hydrogen) atoms. The number of nitrogens with one attached hydrogen (secondary N) is 2. The smallest absolute Gasteiger partial charge is 0.250 e. The van der Waals surface area contributed by atoms with E-state index in [1.165, 1.54) is 0 Å². The Morgan fingerprint density at radius 3 is 2.95 bits per heavy atom. The van der Waals surface area contributed by atoms with Crippen LogP contribution in [0.2, 0.25) is 0 Å². The van der Waals surface area contributed by atoms with Crippen molar-refractivity contribution in [1.82, 2.24) is 15.3 Å². The summed E-state index contributed by atoms with van der Waals surface area (Å²) in [5.41, 5.74) is 1.94. The first kappa shape index (κ1) is 11.9. The first-order valence-electron chi connectivity index (χ1n) is 6.57. The maximum absolute atomic E-state index is 11.7. The number of hydrogen-bond donors (Lipinski definition) is 2. The number of benzene rings is 1. The zero-order valence-electron chi connectivity index (χ0n) is 10.8. The van der Waals surface area contributed by atoms with Crippen molar-refractivity contribution in [2.45, 2.75) is 32.2 Å². The highest BCUT2D eigenvalue weighted by Crippen LogP contribution is 2.13. The lowest BCUT2D eigenvalue weighted by molar-refractivity contribution is -0.120. The number of aromatic nitrogens is 2. The second-order valence-corrected chi connectivity index (χ2v) is 4.75. The highest BCUT2D eigenvalue weighted by Gasteiger charge is 2.25. The largest absolute Gasteiger partial charge is 0.342 e. The summed E-state index contributed by atoms with van der Waals surface area (Å²) in [6, 6.07) is 7.66. The summed E-state index contributed by atoms with van der Waals surface area (Å²) in [6.45, 7) is 2.06. The van der Waals surface area contributed by atoms with Gasteiger partial charge in [0.2, 0.25) is 5.91 Å². The monoisotopic (exact) mass is 256 g/mol. The molecule has 1 aliphatic rings. The Kier molecular flexibility index (Phi) is 3.03. The molecule has 3 rings (SSSR count). The van der Waals surface area contributed by atoms with E-state index in [0.717, 1.165) is 29.7 Å². The highest BCUT2D eigenvalue weighted by molar-refractivity contribution is 6.06. The zero-order chi connectivity index (χ0) is 13.2. The van der Waals surface area contributed by atoms with E-state index in [4.69, 9.17) is 0 Å². The highest BCUT2D eigenvalue weighted by atomic mass is 16.2. The number of carbonyl (C=O) groups is 1. The fourth-order valence-electron chi connectivity index (χ4n) is 2.31. The molecular weight excluding hydrogens is 240 g/mol. The number of aliphatic imine (C=N–C) groups is 1. The molecule has 5 heteroatoms. The zero-order valence-corrected chi connectivity index (χ0v) is 10.8. The quantitative estimate of drug-likeness (QED) is 0.875. The molecule has 1 aromatic carbocycles. The fraction of sp³-hybridized carbons (Fsp3) is 0.357. The second-order valence-electron chi connectivity index (χ2n) is 4.75. The topological polar surface area (TPSA) is 70.1 Å². The van der Waals surface area contributed by atoms with Crippen molar-refractivity contribution < 1.29 is 4.79 Å². The summed E-state index contributed by atoms with van der Waals surface area (Å²) < 4.78 is 0. The minimum Gasteiger partial charge on any atom is -0.342 e. The molecule has 0 saturated heterocycles. The Labute approximate surface area is 111 Å². The lowest BCUT2D eigenvalue weighted by atomic mass is 10.2. The number of para-hydroxylation sites is 2. The predicted octanol–water partition coefficient (Wildman–Crippen LogP) is 1.80. The van der Waals surface area contributed by atoms with Crippen LogP contribution in [-0.4, -0.2) is 27.8 Å². The van der Waals surface area contributed by atoms with Gasteiger partial charge in [0.15, 0.2) is 0 Å². The molecule has 1 aromatic heterocycles. The summed E-state index contributed by atoms with van der Waals surface area (Å²) in [6.07, 6.45) is 2.30. The minimum atomic E-state index is -0.218. The van der Waals surface area contributed by atoms with Crippen LogP contribution in [0.25, 0.3) is 11.0 Å². The average molecular weight is 256 g/mol. The van der Waals surface area contributed by atoms with Crippen molar-refractivity contribution in [3.63, 3.8) is 0 Å². The molecule has 1 unspecified atom stereocenters. The molecule has 2 N–H and O–H groups in total. The molecule has 0 bridgehead atoms. The average Bonchev–Trinajstić information content (AvgIpc) is 2.94. The summed E-state index contributed by atoms with van der Waals surface area (Å²) in [5.74, 6) is 1.55. The molecule has 0 spiro atoms. The molecule has 1 amide bonds. The third kappa shape index (κ3) is 2.36. The van der Waals surface area contributed by atoms with Gasteiger partial charge in [0.05, 0.1) is 17.5 Å². The van der Waals surface area contributed by atoms with Gasteiger partial charge in [0, 0.05) is 0 Å². The number of amides is 1. The number of carbonyl (C=O) groups excluding carboxylic acids is 1. The maximum atomic E-state index is 11.7. The van der Waals surface area contributed by atoms with Crippen LogP contribution in [0.15, 0.2) is 29.3 Å². The Morgan fingerprint density at radius 2 is 2.16 bits per heavy atom. The minimum absolute atomic E-state index is 0.00737. The number of rotatable bonds is 4. The standard InChI is InChI=1S/C14H16N4O/c1-2-5-11-14(19)18-13(17-11)8-12-15-9-6-3-4-7-10(9)16-12/h3-4,6-7,11H,2,5,8H2,1H3,(H,15,16)(H,17,18,19). The van der Waals surface area contributed by atoms with Crippen molar-refractivity contribution >= 4 is 22.8 Å². The summed E-state index contributed by atoms with van der Waals surface area (Å²) in [4.78, 5) is 23.8. The summed E-state index contributed by atoms with van der Waals surface area (Å²) >= 11 is 0. The molecule has 2 heterocycles. The van der Waals surface area contributed by atoms with Crippen molar-refractivity contribution in [1.29, 1.82) is 0 Å². The van der Waals surface area contributed by atoms with Crippen molar-refractivity contribution in [3.8, 4) is 0 Å². The van der Waals surface area contributed by atoms with Gasteiger partial charge in [-0.3, -0.25) is 9.79 Å². The van der Waals surface area contributed by atoms with Gasteiger partial charge in [-0.05, 0) is 18.6 Å². The number of fused-ring (bicyclic) bond motifs is 1. The van der Waals surface area contributed by atoms with Crippen LogP contribution < -0.4 is 5.32 Å². The number of nitrogens with zero attached hydrogens (tertiary/aromatic N) is 2. The van der Waals surface area contributed by atoms with E-state index in [9.17, 15) is 4.79 Å². The molecule has 98 valence electrons. The van der Waals surface area contributed by atoms with Crippen molar-refractivity contribution in [2.75, 3.05) is 0 Å². The van der Waals surface area contributed by atoms with Crippen LogP contribution in [0.5, 0.6) is 0 Å². The van der Waals surface area contributed by atoms with Gasteiger partial charge in [-0.15, -0.1) is 0 Å². The van der Waals surface area contributed by atoms with Crippen LogP contribution in [0.4, 0.5) is 0 Å². The van der Waals surface area contributed by atoms with E-state index >= 15 is 0 Å². The molecule has 1 atom stereocenters. The van der Waals surface area contributed by atoms with Crippen LogP contribution in [0.1, 0.15) is 25.6 Å². The Hall–Kier alpha value is -2.17. The molecule has 2 aromatic rings. The third-order valence-corrected chi connectivity index (χ3v) is 3.22. The molecule has 1 aliphatic heterocycles. The van der Waals surface area contributed by atoms with E-state index in [1.54, 1.807) is 0 Å². The molecule has 0 aliphatic carbocycles. The van der Waals surface area contributed by atoms with Gasteiger partial charge in [-0.25, -0.2) is 4.98 Å². The summed E-state index contributed by atoms with van der Waals surface area (Å²) in [7, 11) is 0. The van der Waals surface area contributed by atoms with Crippen LogP contribution in [0.3, 0.4) is 0 Å². The van der Waals surface area contributed by atoms with E-state index in [2.05, 4.69) is 27.2 Å². The van der Waals surface area contributed by atoms with E-state index in [-0.39, 0.29) is 11.9 Å². The fourth-order valence-corrected chi connectivity index (χ4v) is 2.31. The van der Waals surface area contributed by atoms with Crippen LogP contribution >= 0.6 is 0 Å². The number of aromatic amines is 1. The number of hydrogen-bond acceptors (Lipinski definition) is 3. The van der Waals surface area contributed by atoms with Gasteiger partial charge in [0.25, 0.3) is 0 Å². The van der Waals surface area contributed by atoms with Crippen molar-refractivity contribution in [2.24, 2.45) is 4.99 Å². The van der Waals surface area contributed by atoms with Gasteiger partial charge in [0.1, 0.15) is 17.7 Å². The maximum Gasteiger partial charge on any atom is 0.250 e. The number of H-pyrrole nitrogens is 1. The molecule has 0 saturated carbocycles. The second kappa shape index (κ2) is 4.84. The Bertz CT molecular complexity index is 611. The first-order valence-corrected chi connectivity index (χ1v) is 6.57. The lowest BCUT2D eigenvalue weighted by Gasteiger charge is -1.99. The molecule has 0 fully saturated rings. The van der Waals surface area contributed by atoms with E-state index < -0.39 is 0 Å². The lowest BCUT2D eigenvalue weighted by Crippen LogP contribution is -2.29. The third-order valence-electron chi connectivity index (χ3n) is 3.22. The van der Waals surface area contributed by atoms with E-state index in [1.807, 2.05) is 24.3 Å². The SMILES string of the molecule is CCCC1N=C(Cc2nc3ccccc3[nH]2)NC1=O. The molecule has 5 nitrogen and oxygen atoms in total. The first-order chi connectivity index (χ1) is 9.26. The van der Waals surface area contributed by atoms with Crippen molar-refractivity contribution in [3.05, 3.63) is 30.1 Å². The molecule has 0 radical (unpaired) electrons. The van der Waals surface area contributed by atoms with Gasteiger partial charge in [-0.1, -0.05) is 25.5 Å². The van der Waals surface area contributed by atoms with Crippen LogP contribution in [-0.2, 0) is 11.2 Å². The van der Waals surface area contributed by atoms with E-state index in [0.29, 0.717) is 12.3 Å². The normalized spacial score (nSPS) is 18.7. The van der Waals surface area contributed by atoms with Gasteiger partial charge >= 0.3 is 0 Å². The van der Waals surface area contributed by atoms with Gasteiger partial charge < -0.3 is 10.3 Å².